The first-order chi connectivity index (χ1) is 10.0. The summed E-state index contributed by atoms with van der Waals surface area (Å²) in [7, 11) is 1.81. The average molecular weight is 287 g/mol. The number of rotatable bonds is 2. The van der Waals surface area contributed by atoms with Crippen molar-refractivity contribution in [2.75, 3.05) is 0 Å². The smallest absolute Gasteiger partial charge is 0.235 e. The number of imide groups is 1. The number of benzene rings is 1. The zero-order valence-electron chi connectivity index (χ0n) is 12.0. The molecule has 1 saturated heterocycles. The number of phenols is 1. The van der Waals surface area contributed by atoms with Gasteiger partial charge in [0.15, 0.2) is 0 Å². The van der Waals surface area contributed by atoms with Crippen LogP contribution in [0.4, 0.5) is 0 Å². The molecule has 2 heterocycles. The van der Waals surface area contributed by atoms with Crippen molar-refractivity contribution in [3.63, 3.8) is 0 Å². The van der Waals surface area contributed by atoms with Crippen molar-refractivity contribution in [3.8, 4) is 5.75 Å². The lowest BCUT2D eigenvalue weighted by Crippen LogP contribution is -2.39. The Bertz CT molecular complexity index is 748. The van der Waals surface area contributed by atoms with Crippen LogP contribution in [0, 0.1) is 0 Å². The minimum absolute atomic E-state index is 0.214. The Kier molecular flexibility index (Phi) is 3.16. The number of phenolic OH excluding ortho intramolecular Hbond substituents is 1. The number of aromatic nitrogens is 2. The molecule has 1 aromatic heterocycles. The molecule has 1 aliphatic heterocycles. The number of aromatic hydroxyl groups is 1. The number of hydrogen-bond acceptors (Lipinski definition) is 4. The third-order valence-electron chi connectivity index (χ3n) is 4.03. The van der Waals surface area contributed by atoms with Gasteiger partial charge in [-0.25, -0.2) is 0 Å². The Balaban J connectivity index is 2.13. The van der Waals surface area contributed by atoms with E-state index in [-0.39, 0.29) is 17.6 Å². The van der Waals surface area contributed by atoms with Gasteiger partial charge in [-0.05, 0) is 30.5 Å². The first kappa shape index (κ1) is 13.6. The molecule has 1 unspecified atom stereocenters. The summed E-state index contributed by atoms with van der Waals surface area (Å²) in [6.45, 7) is 1.97. The Hall–Kier alpha value is -2.37. The van der Waals surface area contributed by atoms with E-state index in [9.17, 15) is 14.7 Å². The minimum Gasteiger partial charge on any atom is -0.508 e. The van der Waals surface area contributed by atoms with E-state index in [1.807, 2.05) is 20.0 Å². The first-order valence-corrected chi connectivity index (χ1v) is 7.03. The number of amides is 2. The molecular formula is C15H17N3O3. The molecule has 3 rings (SSSR count). The fraction of sp³-hybridized carbons (Fsp3) is 0.400. The number of carbonyl (C=O) groups is 2. The van der Waals surface area contributed by atoms with Gasteiger partial charge < -0.3 is 5.11 Å². The Morgan fingerprint density at radius 2 is 2.19 bits per heavy atom. The Labute approximate surface area is 121 Å². The third kappa shape index (κ3) is 2.16. The molecule has 2 amide bonds. The molecule has 21 heavy (non-hydrogen) atoms. The molecule has 6 heteroatoms. The molecule has 6 nitrogen and oxygen atoms in total. The lowest BCUT2D eigenvalue weighted by molar-refractivity contribution is -0.134. The molecule has 0 saturated carbocycles. The standard InChI is InChI=1S/C15H17N3O3/c1-3-8-6-11-10(7-12(8)19)14(17-18(11)2)9-4-5-13(20)16-15(9)21/h6-7,9,19H,3-5H2,1-2H3,(H,16,20,21). The molecule has 0 aliphatic carbocycles. The second-order valence-corrected chi connectivity index (χ2v) is 5.36. The van der Waals surface area contributed by atoms with Gasteiger partial charge >= 0.3 is 0 Å². The summed E-state index contributed by atoms with van der Waals surface area (Å²) in [5.74, 6) is -0.789. The number of carbonyl (C=O) groups excluding carboxylic acids is 2. The predicted molar refractivity (Wildman–Crippen MR) is 76.9 cm³/mol. The fourth-order valence-corrected chi connectivity index (χ4v) is 2.86. The summed E-state index contributed by atoms with van der Waals surface area (Å²) in [6.07, 6.45) is 1.49. The van der Waals surface area contributed by atoms with Crippen LogP contribution < -0.4 is 5.32 Å². The van der Waals surface area contributed by atoms with E-state index in [1.54, 1.807) is 10.7 Å². The fourth-order valence-electron chi connectivity index (χ4n) is 2.86. The van der Waals surface area contributed by atoms with Gasteiger partial charge in [0.25, 0.3) is 0 Å². The van der Waals surface area contributed by atoms with Crippen LogP contribution in [0.2, 0.25) is 0 Å². The summed E-state index contributed by atoms with van der Waals surface area (Å²) in [4.78, 5) is 23.3. The van der Waals surface area contributed by atoms with Gasteiger partial charge in [-0.2, -0.15) is 5.10 Å². The number of fused-ring (bicyclic) bond motifs is 1. The van der Waals surface area contributed by atoms with Crippen molar-refractivity contribution < 1.29 is 14.7 Å². The predicted octanol–water partition coefficient (Wildman–Crippen LogP) is 1.36. The van der Waals surface area contributed by atoms with E-state index in [0.29, 0.717) is 18.5 Å². The van der Waals surface area contributed by atoms with Gasteiger partial charge in [0, 0.05) is 18.9 Å². The van der Waals surface area contributed by atoms with E-state index >= 15 is 0 Å². The van der Waals surface area contributed by atoms with E-state index in [2.05, 4.69) is 10.4 Å². The van der Waals surface area contributed by atoms with Gasteiger partial charge in [-0.15, -0.1) is 0 Å². The molecule has 1 fully saturated rings. The van der Waals surface area contributed by atoms with E-state index < -0.39 is 5.92 Å². The second kappa shape index (κ2) is 4.87. The highest BCUT2D eigenvalue weighted by molar-refractivity contribution is 6.02. The van der Waals surface area contributed by atoms with E-state index in [0.717, 1.165) is 22.9 Å². The van der Waals surface area contributed by atoms with Crippen molar-refractivity contribution >= 4 is 22.7 Å². The molecule has 1 aliphatic rings. The van der Waals surface area contributed by atoms with Crippen LogP contribution in [-0.2, 0) is 23.1 Å². The van der Waals surface area contributed by atoms with Crippen LogP contribution in [0.15, 0.2) is 12.1 Å². The molecule has 2 aromatic rings. The summed E-state index contributed by atoms with van der Waals surface area (Å²) >= 11 is 0. The summed E-state index contributed by atoms with van der Waals surface area (Å²) in [5, 5.41) is 17.6. The molecule has 0 radical (unpaired) electrons. The maximum atomic E-state index is 12.0. The molecule has 0 bridgehead atoms. The van der Waals surface area contributed by atoms with Crippen molar-refractivity contribution in [2.45, 2.75) is 32.1 Å². The van der Waals surface area contributed by atoms with Crippen molar-refractivity contribution in [2.24, 2.45) is 7.05 Å². The number of nitrogens with zero attached hydrogens (tertiary/aromatic N) is 2. The van der Waals surface area contributed by atoms with E-state index in [1.165, 1.54) is 0 Å². The van der Waals surface area contributed by atoms with Gasteiger partial charge in [-0.3, -0.25) is 19.6 Å². The normalized spacial score (nSPS) is 19.0. The maximum Gasteiger partial charge on any atom is 0.235 e. The van der Waals surface area contributed by atoms with Gasteiger partial charge in [0.2, 0.25) is 11.8 Å². The van der Waals surface area contributed by atoms with Crippen molar-refractivity contribution in [3.05, 3.63) is 23.4 Å². The molecule has 0 spiro atoms. The van der Waals surface area contributed by atoms with Crippen molar-refractivity contribution in [1.82, 2.24) is 15.1 Å². The summed E-state index contributed by atoms with van der Waals surface area (Å²) < 4.78 is 1.72. The number of piperidine rings is 1. The molecular weight excluding hydrogens is 270 g/mol. The first-order valence-electron chi connectivity index (χ1n) is 7.03. The minimum atomic E-state index is -0.446. The highest BCUT2D eigenvalue weighted by Gasteiger charge is 2.31. The monoisotopic (exact) mass is 287 g/mol. The van der Waals surface area contributed by atoms with Crippen molar-refractivity contribution in [1.29, 1.82) is 0 Å². The van der Waals surface area contributed by atoms with Crippen LogP contribution in [0.5, 0.6) is 5.75 Å². The SMILES string of the molecule is CCc1cc2c(cc1O)c(C1CCC(=O)NC1=O)nn2C. The molecule has 1 atom stereocenters. The third-order valence-corrected chi connectivity index (χ3v) is 4.03. The van der Waals surface area contributed by atoms with Crippen LogP contribution in [-0.4, -0.2) is 26.7 Å². The Morgan fingerprint density at radius 1 is 1.43 bits per heavy atom. The summed E-state index contributed by atoms with van der Waals surface area (Å²) in [6, 6.07) is 3.56. The zero-order chi connectivity index (χ0) is 15.1. The second-order valence-electron chi connectivity index (χ2n) is 5.36. The largest absolute Gasteiger partial charge is 0.508 e. The lowest BCUT2D eigenvalue weighted by Gasteiger charge is -2.19. The lowest BCUT2D eigenvalue weighted by atomic mass is 9.92. The quantitative estimate of drug-likeness (QED) is 0.817. The van der Waals surface area contributed by atoms with Crippen LogP contribution >= 0.6 is 0 Å². The number of nitrogens with one attached hydrogen (secondary N) is 1. The van der Waals surface area contributed by atoms with Gasteiger partial charge in [0.05, 0.1) is 17.1 Å². The molecule has 2 N–H and O–H groups in total. The number of aryl methyl sites for hydroxylation is 2. The zero-order valence-corrected chi connectivity index (χ0v) is 12.0. The average Bonchev–Trinajstić information content (AvgIpc) is 2.74. The number of hydrogen-bond donors (Lipinski definition) is 2. The van der Waals surface area contributed by atoms with Crippen LogP contribution in [0.1, 0.15) is 36.9 Å². The van der Waals surface area contributed by atoms with Crippen LogP contribution in [0.3, 0.4) is 0 Å². The maximum absolute atomic E-state index is 12.0. The topological polar surface area (TPSA) is 84.2 Å². The molecule has 110 valence electrons. The summed E-state index contributed by atoms with van der Waals surface area (Å²) in [5.41, 5.74) is 2.35. The highest BCUT2D eigenvalue weighted by atomic mass is 16.3. The van der Waals surface area contributed by atoms with Gasteiger partial charge in [-0.1, -0.05) is 6.92 Å². The van der Waals surface area contributed by atoms with E-state index in [4.69, 9.17) is 0 Å². The Morgan fingerprint density at radius 3 is 2.86 bits per heavy atom. The highest BCUT2D eigenvalue weighted by Crippen LogP contribution is 2.33. The van der Waals surface area contributed by atoms with Gasteiger partial charge in [0.1, 0.15) is 5.75 Å². The van der Waals surface area contributed by atoms with Crippen LogP contribution in [0.25, 0.3) is 10.9 Å². The molecule has 1 aromatic carbocycles.